The molecule has 0 aromatic heterocycles. The van der Waals surface area contributed by atoms with Gasteiger partial charge in [0.25, 0.3) is 0 Å². The number of rotatable bonds is 5. The van der Waals surface area contributed by atoms with Gasteiger partial charge in [-0.05, 0) is 42.0 Å². The molecule has 0 saturated heterocycles. The Bertz CT molecular complexity index is 1100. The first-order chi connectivity index (χ1) is 14.1. The van der Waals surface area contributed by atoms with Gasteiger partial charge in [-0.15, -0.1) is 0 Å². The van der Waals surface area contributed by atoms with E-state index in [9.17, 15) is 9.18 Å². The third kappa shape index (κ3) is 5.31. The largest absolute Gasteiger partial charge is 0.454 e. The lowest BCUT2D eigenvalue weighted by Gasteiger charge is -2.11. The van der Waals surface area contributed by atoms with E-state index in [0.29, 0.717) is 29.2 Å². The number of nitrogens with one attached hydrogen (secondary N) is 2. The van der Waals surface area contributed by atoms with E-state index >= 15 is 0 Å². The number of hydrogen-bond acceptors (Lipinski definition) is 3. The molecule has 0 saturated carbocycles. The van der Waals surface area contributed by atoms with Gasteiger partial charge in [-0.25, -0.2) is 14.0 Å². The number of ether oxygens (including phenoxy) is 1. The van der Waals surface area contributed by atoms with Crippen LogP contribution in [-0.4, -0.2) is 6.03 Å². The van der Waals surface area contributed by atoms with Gasteiger partial charge < -0.3 is 15.4 Å². The Kier molecular flexibility index (Phi) is 6.04. The van der Waals surface area contributed by atoms with Crippen LogP contribution >= 0.6 is 0 Å². The minimum Gasteiger partial charge on any atom is -0.454 e. The molecule has 3 aromatic carbocycles. The van der Waals surface area contributed by atoms with Gasteiger partial charge in [0.2, 0.25) is 0 Å². The Morgan fingerprint density at radius 3 is 2.34 bits per heavy atom. The number of carbonyl (C=O) groups excluding carboxylic acids is 1. The average molecular weight is 386 g/mol. The molecule has 0 bridgehead atoms. The molecular weight excluding hydrogens is 371 g/mol. The fraction of sp³-hybridized carbons (Fsp3) is 0.0455. The van der Waals surface area contributed by atoms with Crippen molar-refractivity contribution in [1.82, 2.24) is 0 Å². The summed E-state index contributed by atoms with van der Waals surface area (Å²) in [7, 11) is 0. The number of amides is 2. The highest BCUT2D eigenvalue weighted by molar-refractivity contribution is 5.99. The Balaban J connectivity index is 1.66. The molecule has 0 radical (unpaired) electrons. The van der Waals surface area contributed by atoms with Crippen molar-refractivity contribution in [1.29, 1.82) is 5.26 Å². The second kappa shape index (κ2) is 9.03. The van der Waals surface area contributed by atoms with Crippen molar-refractivity contribution < 1.29 is 13.9 Å². The minimum atomic E-state index is -0.585. The predicted octanol–water partition coefficient (Wildman–Crippen LogP) is 5.88. The van der Waals surface area contributed by atoms with Crippen molar-refractivity contribution in [3.8, 4) is 17.6 Å². The van der Waals surface area contributed by atoms with E-state index in [-0.39, 0.29) is 5.75 Å². The number of carbonyl (C=O) groups is 1. The first kappa shape index (κ1) is 19.4. The average Bonchev–Trinajstić information content (AvgIpc) is 2.73. The van der Waals surface area contributed by atoms with Crippen LogP contribution in [0.4, 0.5) is 26.2 Å². The summed E-state index contributed by atoms with van der Waals surface area (Å²) in [6, 6.07) is 18.7. The summed E-state index contributed by atoms with van der Waals surface area (Å²) < 4.78 is 19.6. The molecule has 0 heterocycles. The van der Waals surface area contributed by atoms with Gasteiger partial charge in [0, 0.05) is 17.4 Å². The SMILES string of the molecule is [C-]#[N+]c1ccc(Oc2cc(NC(=O)Nc3ccc(CC#N)cc3)ccc2F)cc1. The van der Waals surface area contributed by atoms with Crippen LogP contribution in [0.5, 0.6) is 11.5 Å². The van der Waals surface area contributed by atoms with Crippen LogP contribution in [0.2, 0.25) is 0 Å². The highest BCUT2D eigenvalue weighted by Crippen LogP contribution is 2.28. The van der Waals surface area contributed by atoms with Gasteiger partial charge in [0.1, 0.15) is 5.75 Å². The number of urea groups is 1. The van der Waals surface area contributed by atoms with Crippen molar-refractivity contribution in [2.45, 2.75) is 6.42 Å². The number of halogens is 1. The summed E-state index contributed by atoms with van der Waals surface area (Å²) in [5.74, 6) is -0.270. The zero-order valence-electron chi connectivity index (χ0n) is 15.1. The van der Waals surface area contributed by atoms with Crippen LogP contribution < -0.4 is 15.4 Å². The fourth-order valence-corrected chi connectivity index (χ4v) is 2.47. The third-order valence-corrected chi connectivity index (χ3v) is 3.88. The monoisotopic (exact) mass is 386 g/mol. The third-order valence-electron chi connectivity index (χ3n) is 3.88. The van der Waals surface area contributed by atoms with Crippen molar-refractivity contribution in [3.05, 3.63) is 89.5 Å². The van der Waals surface area contributed by atoms with Crippen LogP contribution in [0.3, 0.4) is 0 Å². The van der Waals surface area contributed by atoms with Gasteiger partial charge >= 0.3 is 6.03 Å². The highest BCUT2D eigenvalue weighted by Gasteiger charge is 2.09. The molecule has 0 aliphatic rings. The fourth-order valence-electron chi connectivity index (χ4n) is 2.47. The molecule has 2 amide bonds. The number of benzene rings is 3. The van der Waals surface area contributed by atoms with Gasteiger partial charge in [-0.3, -0.25) is 0 Å². The summed E-state index contributed by atoms with van der Waals surface area (Å²) in [5, 5.41) is 14.0. The number of hydrogen-bond donors (Lipinski definition) is 2. The summed E-state index contributed by atoms with van der Waals surface area (Å²) >= 11 is 0. The van der Waals surface area contributed by atoms with Gasteiger partial charge in [0.05, 0.1) is 19.1 Å². The van der Waals surface area contributed by atoms with E-state index in [4.69, 9.17) is 16.6 Å². The molecule has 0 unspecified atom stereocenters. The Morgan fingerprint density at radius 2 is 1.69 bits per heavy atom. The smallest absolute Gasteiger partial charge is 0.323 e. The number of nitriles is 1. The first-order valence-electron chi connectivity index (χ1n) is 8.56. The van der Waals surface area contributed by atoms with Gasteiger partial charge in [-0.1, -0.05) is 24.3 Å². The lowest BCUT2D eigenvalue weighted by Crippen LogP contribution is -2.19. The zero-order valence-corrected chi connectivity index (χ0v) is 15.1. The normalized spacial score (nSPS) is 9.76. The number of anilines is 2. The second-order valence-corrected chi connectivity index (χ2v) is 5.96. The maximum Gasteiger partial charge on any atom is 0.323 e. The van der Waals surface area contributed by atoms with E-state index in [1.165, 1.54) is 18.2 Å². The van der Waals surface area contributed by atoms with E-state index in [2.05, 4.69) is 21.5 Å². The van der Waals surface area contributed by atoms with E-state index in [0.717, 1.165) is 5.56 Å². The summed E-state index contributed by atoms with van der Waals surface area (Å²) in [6.07, 6.45) is 0.297. The molecule has 0 aliphatic carbocycles. The van der Waals surface area contributed by atoms with Crippen LogP contribution in [0.25, 0.3) is 4.85 Å². The van der Waals surface area contributed by atoms with Crippen LogP contribution in [0.15, 0.2) is 66.7 Å². The van der Waals surface area contributed by atoms with Gasteiger partial charge in [0.15, 0.2) is 17.3 Å². The van der Waals surface area contributed by atoms with Crippen molar-refractivity contribution >= 4 is 23.1 Å². The van der Waals surface area contributed by atoms with Crippen LogP contribution in [0, 0.1) is 23.7 Å². The maximum atomic E-state index is 14.1. The topological polar surface area (TPSA) is 78.5 Å². The molecule has 7 heteroatoms. The quantitative estimate of drug-likeness (QED) is 0.538. The molecular formula is C22H15FN4O2. The molecule has 0 spiro atoms. The second-order valence-electron chi connectivity index (χ2n) is 5.96. The zero-order chi connectivity index (χ0) is 20.6. The van der Waals surface area contributed by atoms with Crippen molar-refractivity contribution in [2.75, 3.05) is 10.6 Å². The molecule has 0 aliphatic heterocycles. The summed E-state index contributed by atoms with van der Waals surface area (Å²) in [5.41, 5.74) is 2.20. The molecule has 2 N–H and O–H groups in total. The van der Waals surface area contributed by atoms with Crippen molar-refractivity contribution in [2.24, 2.45) is 0 Å². The Labute approximate surface area is 167 Å². The van der Waals surface area contributed by atoms with Crippen molar-refractivity contribution in [3.63, 3.8) is 0 Å². The highest BCUT2D eigenvalue weighted by atomic mass is 19.1. The maximum absolute atomic E-state index is 14.1. The minimum absolute atomic E-state index is 0.0563. The lowest BCUT2D eigenvalue weighted by atomic mass is 10.1. The molecule has 0 atom stereocenters. The van der Waals surface area contributed by atoms with Crippen LogP contribution in [0.1, 0.15) is 5.56 Å². The molecule has 3 aromatic rings. The summed E-state index contributed by atoms with van der Waals surface area (Å²) in [6.45, 7) is 6.94. The molecule has 3 rings (SSSR count). The lowest BCUT2D eigenvalue weighted by molar-refractivity contribution is 0.262. The van der Waals surface area contributed by atoms with Gasteiger partial charge in [-0.2, -0.15) is 5.26 Å². The van der Waals surface area contributed by atoms with Crippen LogP contribution in [-0.2, 0) is 6.42 Å². The molecule has 0 fully saturated rings. The predicted molar refractivity (Wildman–Crippen MR) is 108 cm³/mol. The molecule has 29 heavy (non-hydrogen) atoms. The van der Waals surface area contributed by atoms with E-state index < -0.39 is 11.8 Å². The summed E-state index contributed by atoms with van der Waals surface area (Å²) in [4.78, 5) is 15.5. The standard InChI is InChI=1S/C22H15FN4O2/c1-25-16-6-9-19(10-7-16)29-21-14-18(8-11-20(21)23)27-22(28)26-17-4-2-15(3-5-17)12-13-24/h2-11,14H,12H2,(H2,26,27,28). The Morgan fingerprint density at radius 1 is 1.03 bits per heavy atom. The van der Waals surface area contributed by atoms with E-state index in [1.807, 2.05) is 0 Å². The number of nitrogens with zero attached hydrogens (tertiary/aromatic N) is 2. The Hall–Kier alpha value is -4.36. The molecule has 142 valence electrons. The first-order valence-corrected chi connectivity index (χ1v) is 8.56. The van der Waals surface area contributed by atoms with E-state index in [1.54, 1.807) is 48.5 Å². The molecule has 6 nitrogen and oxygen atoms in total.